The van der Waals surface area contributed by atoms with Crippen LogP contribution < -0.4 is 10.6 Å². The Kier molecular flexibility index (Phi) is 7.12. The first-order chi connectivity index (χ1) is 12.9. The van der Waals surface area contributed by atoms with Gasteiger partial charge < -0.3 is 10.6 Å². The molecule has 1 aliphatic rings. The minimum atomic E-state index is -0.240. The summed E-state index contributed by atoms with van der Waals surface area (Å²) in [5, 5.41) is 7.80. The monoisotopic (exact) mass is 445 g/mol. The Morgan fingerprint density at radius 1 is 0.926 bits per heavy atom. The van der Waals surface area contributed by atoms with Crippen LogP contribution in [0.15, 0.2) is 36.4 Å². The van der Waals surface area contributed by atoms with Gasteiger partial charge in [0.05, 0.1) is 20.1 Å². The first-order valence-corrected chi connectivity index (χ1v) is 10.1. The number of likely N-dealkylation sites (tertiary alicyclic amines) is 1. The Morgan fingerprint density at radius 3 is 2.19 bits per heavy atom. The van der Waals surface area contributed by atoms with Crippen molar-refractivity contribution in [1.82, 2.24) is 10.2 Å². The van der Waals surface area contributed by atoms with Gasteiger partial charge in [0, 0.05) is 31.4 Å². The fourth-order valence-electron chi connectivity index (χ4n) is 3.06. The largest absolute Gasteiger partial charge is 0.335 e. The molecule has 0 aliphatic carbocycles. The minimum absolute atomic E-state index is 0.137. The normalized spacial score (nSPS) is 15.6. The van der Waals surface area contributed by atoms with E-state index in [1.807, 2.05) is 18.2 Å². The molecular formula is C19H19Cl4N3O. The summed E-state index contributed by atoms with van der Waals surface area (Å²) in [7, 11) is 0. The smallest absolute Gasteiger partial charge is 0.319 e. The zero-order valence-electron chi connectivity index (χ0n) is 14.4. The van der Waals surface area contributed by atoms with E-state index in [4.69, 9.17) is 46.4 Å². The second kappa shape index (κ2) is 9.35. The number of halogens is 4. The molecular weight excluding hydrogens is 428 g/mol. The first-order valence-electron chi connectivity index (χ1n) is 8.59. The maximum Gasteiger partial charge on any atom is 0.319 e. The quantitative estimate of drug-likeness (QED) is 0.596. The van der Waals surface area contributed by atoms with Gasteiger partial charge in [0.25, 0.3) is 0 Å². The Morgan fingerprint density at radius 2 is 1.56 bits per heavy atom. The van der Waals surface area contributed by atoms with Gasteiger partial charge in [0.15, 0.2) is 0 Å². The number of hydrogen-bond donors (Lipinski definition) is 2. The molecule has 0 bridgehead atoms. The number of nitrogens with zero attached hydrogens (tertiary/aromatic N) is 1. The lowest BCUT2D eigenvalue weighted by atomic mass is 10.0. The molecule has 2 N–H and O–H groups in total. The number of amides is 2. The third-order valence-corrected chi connectivity index (χ3v) is 5.97. The maximum absolute atomic E-state index is 12.2. The number of hydrogen-bond acceptors (Lipinski definition) is 2. The standard InChI is InChI=1S/C19H19Cl4N3O/c20-15-3-1-12(9-17(15)22)11-26-7-5-13(6-8-26)24-19(27)25-14-2-4-16(21)18(23)10-14/h1-4,9-10,13H,5-8,11H2,(H2,24,25,27). The number of urea groups is 1. The molecule has 1 aliphatic heterocycles. The average molecular weight is 447 g/mol. The summed E-state index contributed by atoms with van der Waals surface area (Å²) in [6, 6.07) is 10.6. The Labute approximate surface area is 178 Å². The van der Waals surface area contributed by atoms with Crippen molar-refractivity contribution in [1.29, 1.82) is 0 Å². The van der Waals surface area contributed by atoms with Crippen LogP contribution >= 0.6 is 46.4 Å². The number of benzene rings is 2. The lowest BCUT2D eigenvalue weighted by Crippen LogP contribution is -2.45. The van der Waals surface area contributed by atoms with E-state index < -0.39 is 0 Å². The number of piperidine rings is 1. The Balaban J connectivity index is 1.45. The van der Waals surface area contributed by atoms with Crippen molar-refractivity contribution >= 4 is 58.1 Å². The number of rotatable bonds is 4. The number of anilines is 1. The fourth-order valence-corrected chi connectivity index (χ4v) is 3.68. The highest BCUT2D eigenvalue weighted by Gasteiger charge is 2.21. The van der Waals surface area contributed by atoms with Gasteiger partial charge in [0.1, 0.15) is 0 Å². The van der Waals surface area contributed by atoms with Crippen LogP contribution in [0.25, 0.3) is 0 Å². The highest BCUT2D eigenvalue weighted by Crippen LogP contribution is 2.25. The molecule has 144 valence electrons. The van der Waals surface area contributed by atoms with Crippen LogP contribution in [0, 0.1) is 0 Å². The predicted octanol–water partition coefficient (Wildman–Crippen LogP) is 6.09. The van der Waals surface area contributed by atoms with Gasteiger partial charge >= 0.3 is 6.03 Å². The number of carbonyl (C=O) groups is 1. The number of carbonyl (C=O) groups excluding carboxylic acids is 1. The molecule has 2 aromatic carbocycles. The van der Waals surface area contributed by atoms with Gasteiger partial charge in [-0.3, -0.25) is 4.90 Å². The van der Waals surface area contributed by atoms with Gasteiger partial charge in [-0.2, -0.15) is 0 Å². The third-order valence-electron chi connectivity index (χ3n) is 4.49. The summed E-state index contributed by atoms with van der Waals surface area (Å²) in [5.41, 5.74) is 1.74. The third kappa shape index (κ3) is 5.90. The van der Waals surface area contributed by atoms with Crippen LogP contribution in [0.4, 0.5) is 10.5 Å². The second-order valence-electron chi connectivity index (χ2n) is 6.53. The molecule has 1 fully saturated rings. The molecule has 8 heteroatoms. The van der Waals surface area contributed by atoms with Crippen LogP contribution in [0.5, 0.6) is 0 Å². The summed E-state index contributed by atoms with van der Waals surface area (Å²) < 4.78 is 0. The lowest BCUT2D eigenvalue weighted by Gasteiger charge is -2.32. The molecule has 0 unspecified atom stereocenters. The fraction of sp³-hybridized carbons (Fsp3) is 0.316. The summed E-state index contributed by atoms with van der Waals surface area (Å²) in [6.45, 7) is 2.62. The molecule has 27 heavy (non-hydrogen) atoms. The van der Waals surface area contributed by atoms with Crippen LogP contribution in [-0.2, 0) is 6.54 Å². The van der Waals surface area contributed by atoms with E-state index in [9.17, 15) is 4.79 Å². The molecule has 1 heterocycles. The van der Waals surface area contributed by atoms with Crippen LogP contribution in [-0.4, -0.2) is 30.1 Å². The van der Waals surface area contributed by atoms with Crippen LogP contribution in [0.3, 0.4) is 0 Å². The van der Waals surface area contributed by atoms with Crippen molar-refractivity contribution < 1.29 is 4.79 Å². The van der Waals surface area contributed by atoms with Crippen molar-refractivity contribution in [3.63, 3.8) is 0 Å². The van der Waals surface area contributed by atoms with Gasteiger partial charge in [-0.25, -0.2) is 4.79 Å². The molecule has 2 aromatic rings. The molecule has 0 saturated carbocycles. The second-order valence-corrected chi connectivity index (χ2v) is 8.16. The molecule has 2 amide bonds. The van der Waals surface area contributed by atoms with Crippen molar-refractivity contribution in [2.75, 3.05) is 18.4 Å². The maximum atomic E-state index is 12.2. The van der Waals surface area contributed by atoms with E-state index in [1.165, 1.54) is 0 Å². The first kappa shape index (κ1) is 20.6. The SMILES string of the molecule is O=C(Nc1ccc(Cl)c(Cl)c1)NC1CCN(Cc2ccc(Cl)c(Cl)c2)CC1. The zero-order chi connectivity index (χ0) is 19.4. The minimum Gasteiger partial charge on any atom is -0.335 e. The highest BCUT2D eigenvalue weighted by molar-refractivity contribution is 6.42. The Bertz CT molecular complexity index is 823. The molecule has 0 radical (unpaired) electrons. The van der Waals surface area contributed by atoms with Crippen molar-refractivity contribution in [3.8, 4) is 0 Å². The van der Waals surface area contributed by atoms with Gasteiger partial charge in [0.2, 0.25) is 0 Å². The van der Waals surface area contributed by atoms with Gasteiger partial charge in [-0.1, -0.05) is 52.5 Å². The lowest BCUT2D eigenvalue weighted by molar-refractivity contribution is 0.190. The van der Waals surface area contributed by atoms with E-state index in [0.717, 1.165) is 38.0 Å². The van der Waals surface area contributed by atoms with E-state index in [-0.39, 0.29) is 12.1 Å². The van der Waals surface area contributed by atoms with Crippen molar-refractivity contribution in [2.45, 2.75) is 25.4 Å². The average Bonchev–Trinajstić information content (AvgIpc) is 2.63. The van der Waals surface area contributed by atoms with Crippen LogP contribution in [0.2, 0.25) is 20.1 Å². The summed E-state index contributed by atoms with van der Waals surface area (Å²) in [6.07, 6.45) is 1.77. The zero-order valence-corrected chi connectivity index (χ0v) is 17.5. The summed E-state index contributed by atoms with van der Waals surface area (Å²) in [5.74, 6) is 0. The van der Waals surface area contributed by atoms with Crippen molar-refractivity contribution in [3.05, 3.63) is 62.1 Å². The van der Waals surface area contributed by atoms with E-state index in [0.29, 0.717) is 25.8 Å². The van der Waals surface area contributed by atoms with Crippen LogP contribution in [0.1, 0.15) is 18.4 Å². The van der Waals surface area contributed by atoms with Gasteiger partial charge in [-0.15, -0.1) is 0 Å². The molecule has 0 spiro atoms. The highest BCUT2D eigenvalue weighted by atomic mass is 35.5. The van der Waals surface area contributed by atoms with E-state index in [2.05, 4.69) is 15.5 Å². The summed E-state index contributed by atoms with van der Waals surface area (Å²) >= 11 is 23.9. The van der Waals surface area contributed by atoms with E-state index in [1.54, 1.807) is 18.2 Å². The number of nitrogens with one attached hydrogen (secondary N) is 2. The topological polar surface area (TPSA) is 44.4 Å². The molecule has 3 rings (SSSR count). The van der Waals surface area contributed by atoms with E-state index >= 15 is 0 Å². The predicted molar refractivity (Wildman–Crippen MR) is 113 cm³/mol. The van der Waals surface area contributed by atoms with Gasteiger partial charge in [-0.05, 0) is 48.7 Å². The van der Waals surface area contributed by atoms with Crippen molar-refractivity contribution in [2.24, 2.45) is 0 Å². The molecule has 1 saturated heterocycles. The molecule has 0 aromatic heterocycles. The summed E-state index contributed by atoms with van der Waals surface area (Å²) in [4.78, 5) is 14.5. The Hall–Kier alpha value is -1.17. The molecule has 4 nitrogen and oxygen atoms in total. The molecule has 0 atom stereocenters.